The van der Waals surface area contributed by atoms with Gasteiger partial charge in [-0.1, -0.05) is 11.6 Å². The molecule has 100 valence electrons. The first-order chi connectivity index (χ1) is 8.70. The summed E-state index contributed by atoms with van der Waals surface area (Å²) in [5, 5.41) is 4.13. The van der Waals surface area contributed by atoms with Crippen LogP contribution in [0.1, 0.15) is 19.8 Å². The second-order valence-electron chi connectivity index (χ2n) is 4.71. The normalized spacial score (nSPS) is 19.8. The monoisotopic (exact) mass is 331 g/mol. The fourth-order valence-electron chi connectivity index (χ4n) is 2.40. The summed E-state index contributed by atoms with van der Waals surface area (Å²) in [4.78, 5) is 6.76. The Kier molecular flexibility index (Phi) is 5.27. The summed E-state index contributed by atoms with van der Waals surface area (Å²) in [5.41, 5.74) is 0. The van der Waals surface area contributed by atoms with Gasteiger partial charge >= 0.3 is 0 Å². The van der Waals surface area contributed by atoms with Crippen molar-refractivity contribution < 1.29 is 0 Å². The molecule has 3 nitrogen and oxygen atoms in total. The number of hydrogen-bond acceptors (Lipinski definition) is 3. The summed E-state index contributed by atoms with van der Waals surface area (Å²) in [5.74, 6) is 1.70. The van der Waals surface area contributed by atoms with Gasteiger partial charge in [0.1, 0.15) is 5.82 Å². The second-order valence-corrected chi connectivity index (χ2v) is 6.00. The van der Waals surface area contributed by atoms with Gasteiger partial charge in [0.05, 0.1) is 9.50 Å². The molecule has 0 saturated carbocycles. The Morgan fingerprint density at radius 1 is 1.61 bits per heavy atom. The number of aromatic nitrogens is 1. The zero-order valence-electron chi connectivity index (χ0n) is 10.6. The Hall–Kier alpha value is -0.320. The highest BCUT2D eigenvalue weighted by Crippen LogP contribution is 2.27. The van der Waals surface area contributed by atoms with Crippen LogP contribution < -0.4 is 10.2 Å². The van der Waals surface area contributed by atoms with E-state index < -0.39 is 0 Å². The summed E-state index contributed by atoms with van der Waals surface area (Å²) in [7, 11) is 0. The van der Waals surface area contributed by atoms with Gasteiger partial charge in [-0.2, -0.15) is 0 Å². The van der Waals surface area contributed by atoms with Crippen molar-refractivity contribution in [2.45, 2.75) is 19.8 Å². The van der Waals surface area contributed by atoms with E-state index in [2.05, 4.69) is 38.1 Å². The molecule has 1 N–H and O–H groups in total. The minimum Gasteiger partial charge on any atom is -0.356 e. The lowest BCUT2D eigenvalue weighted by Crippen LogP contribution is -2.38. The molecule has 1 aromatic heterocycles. The minimum absolute atomic E-state index is 0.668. The molecular formula is C13H19BrClN3. The maximum absolute atomic E-state index is 5.94. The molecule has 1 unspecified atom stereocenters. The number of halogens is 2. The van der Waals surface area contributed by atoms with Gasteiger partial charge in [-0.25, -0.2) is 4.98 Å². The number of nitrogens with zero attached hydrogens (tertiary/aromatic N) is 2. The van der Waals surface area contributed by atoms with Crippen molar-refractivity contribution >= 4 is 33.3 Å². The topological polar surface area (TPSA) is 28.2 Å². The molecule has 1 atom stereocenters. The number of anilines is 1. The lowest BCUT2D eigenvalue weighted by atomic mass is 9.99. The number of pyridine rings is 1. The molecular weight excluding hydrogens is 314 g/mol. The van der Waals surface area contributed by atoms with E-state index in [0.717, 1.165) is 36.5 Å². The molecule has 0 amide bonds. The van der Waals surface area contributed by atoms with Crippen LogP contribution in [0.4, 0.5) is 5.82 Å². The van der Waals surface area contributed by atoms with Crippen LogP contribution in [-0.4, -0.2) is 31.2 Å². The first-order valence-corrected chi connectivity index (χ1v) is 7.64. The van der Waals surface area contributed by atoms with Gasteiger partial charge in [0.2, 0.25) is 0 Å². The summed E-state index contributed by atoms with van der Waals surface area (Å²) < 4.78 is 0.973. The third-order valence-corrected chi connectivity index (χ3v) is 4.14. The molecule has 0 aliphatic carbocycles. The lowest BCUT2D eigenvalue weighted by molar-refractivity contribution is 0.377. The van der Waals surface area contributed by atoms with Crippen LogP contribution in [0.5, 0.6) is 0 Å². The number of nitrogens with one attached hydrogen (secondary N) is 1. The van der Waals surface area contributed by atoms with Gasteiger partial charge in [0, 0.05) is 19.3 Å². The molecule has 2 heterocycles. The quantitative estimate of drug-likeness (QED) is 0.917. The van der Waals surface area contributed by atoms with E-state index in [1.54, 1.807) is 6.20 Å². The summed E-state index contributed by atoms with van der Waals surface area (Å²) in [6.07, 6.45) is 4.29. The Labute approximate surface area is 122 Å². The summed E-state index contributed by atoms with van der Waals surface area (Å²) in [6, 6.07) is 1.91. The predicted octanol–water partition coefficient (Wildman–Crippen LogP) is 3.32. The van der Waals surface area contributed by atoms with E-state index in [1.807, 2.05) is 6.07 Å². The number of piperidine rings is 1. The molecule has 0 spiro atoms. The molecule has 5 heteroatoms. The zero-order valence-corrected chi connectivity index (χ0v) is 13.0. The van der Waals surface area contributed by atoms with Crippen molar-refractivity contribution in [3.63, 3.8) is 0 Å². The van der Waals surface area contributed by atoms with Crippen LogP contribution in [0.15, 0.2) is 16.7 Å². The third-order valence-electron chi connectivity index (χ3n) is 3.35. The lowest BCUT2D eigenvalue weighted by Gasteiger charge is -2.30. The summed E-state index contributed by atoms with van der Waals surface area (Å²) in [6.45, 7) is 6.45. The van der Waals surface area contributed by atoms with Crippen LogP contribution in [0.2, 0.25) is 5.02 Å². The van der Waals surface area contributed by atoms with Crippen LogP contribution in [0, 0.1) is 5.92 Å². The van der Waals surface area contributed by atoms with E-state index >= 15 is 0 Å². The van der Waals surface area contributed by atoms with E-state index in [0.29, 0.717) is 10.9 Å². The largest absolute Gasteiger partial charge is 0.356 e. The van der Waals surface area contributed by atoms with Crippen molar-refractivity contribution in [1.29, 1.82) is 0 Å². The Morgan fingerprint density at radius 2 is 2.44 bits per heavy atom. The molecule has 0 radical (unpaired) electrons. The fourth-order valence-corrected chi connectivity index (χ4v) is 3.29. The van der Waals surface area contributed by atoms with Crippen molar-refractivity contribution in [2.75, 3.05) is 31.1 Å². The van der Waals surface area contributed by atoms with Crippen LogP contribution in [0.3, 0.4) is 0 Å². The van der Waals surface area contributed by atoms with Crippen molar-refractivity contribution in [1.82, 2.24) is 10.3 Å². The fraction of sp³-hybridized carbons (Fsp3) is 0.615. The van der Waals surface area contributed by atoms with Crippen molar-refractivity contribution in [3.05, 3.63) is 21.8 Å². The smallest absolute Gasteiger partial charge is 0.142 e. The average molecular weight is 333 g/mol. The van der Waals surface area contributed by atoms with Gasteiger partial charge in [-0.3, -0.25) is 0 Å². The maximum Gasteiger partial charge on any atom is 0.142 e. The van der Waals surface area contributed by atoms with Gasteiger partial charge in [0.25, 0.3) is 0 Å². The van der Waals surface area contributed by atoms with Gasteiger partial charge in [-0.15, -0.1) is 0 Å². The van der Waals surface area contributed by atoms with E-state index in [-0.39, 0.29) is 0 Å². The standard InChI is InChI=1S/C13H19BrClN3/c1-2-18(9-10-4-3-5-16-7-10)13-12(14)6-11(15)8-17-13/h6,8,10,16H,2-5,7,9H2,1H3. The first-order valence-electron chi connectivity index (χ1n) is 6.47. The van der Waals surface area contributed by atoms with Crippen molar-refractivity contribution in [3.8, 4) is 0 Å². The van der Waals surface area contributed by atoms with Gasteiger partial charge in [0.15, 0.2) is 0 Å². The first kappa shape index (κ1) is 14.1. The van der Waals surface area contributed by atoms with Crippen LogP contribution >= 0.6 is 27.5 Å². The predicted molar refractivity (Wildman–Crippen MR) is 80.4 cm³/mol. The van der Waals surface area contributed by atoms with Crippen LogP contribution in [0.25, 0.3) is 0 Å². The van der Waals surface area contributed by atoms with Gasteiger partial charge < -0.3 is 10.2 Å². The van der Waals surface area contributed by atoms with Crippen molar-refractivity contribution in [2.24, 2.45) is 5.92 Å². The van der Waals surface area contributed by atoms with E-state index in [4.69, 9.17) is 11.6 Å². The molecule has 0 aromatic carbocycles. The Balaban J connectivity index is 2.07. The Bertz CT molecular complexity index is 394. The van der Waals surface area contributed by atoms with Gasteiger partial charge in [-0.05, 0) is 60.8 Å². The molecule has 1 aliphatic rings. The SMILES string of the molecule is CCN(CC1CCCNC1)c1ncc(Cl)cc1Br. The third kappa shape index (κ3) is 3.59. The minimum atomic E-state index is 0.668. The summed E-state index contributed by atoms with van der Waals surface area (Å²) >= 11 is 9.48. The average Bonchev–Trinajstić information content (AvgIpc) is 2.38. The zero-order chi connectivity index (χ0) is 13.0. The molecule has 1 aromatic rings. The Morgan fingerprint density at radius 3 is 3.06 bits per heavy atom. The number of rotatable bonds is 4. The van der Waals surface area contributed by atoms with E-state index in [1.165, 1.54) is 12.8 Å². The molecule has 18 heavy (non-hydrogen) atoms. The highest BCUT2D eigenvalue weighted by molar-refractivity contribution is 9.10. The van der Waals surface area contributed by atoms with E-state index in [9.17, 15) is 0 Å². The second kappa shape index (κ2) is 6.73. The molecule has 2 rings (SSSR count). The highest BCUT2D eigenvalue weighted by Gasteiger charge is 2.18. The highest BCUT2D eigenvalue weighted by atomic mass is 79.9. The molecule has 1 fully saturated rings. The number of hydrogen-bond donors (Lipinski definition) is 1. The molecule has 1 aliphatic heterocycles. The maximum atomic E-state index is 5.94. The molecule has 0 bridgehead atoms. The molecule has 1 saturated heterocycles. The van der Waals surface area contributed by atoms with Crippen LogP contribution in [-0.2, 0) is 0 Å².